The summed E-state index contributed by atoms with van der Waals surface area (Å²) in [6.07, 6.45) is 1.42. The zero-order valence-corrected chi connectivity index (χ0v) is 10.7. The van der Waals surface area contributed by atoms with Crippen molar-refractivity contribution in [2.24, 2.45) is 0 Å². The van der Waals surface area contributed by atoms with Crippen molar-refractivity contribution in [2.75, 3.05) is 5.32 Å². The standard InChI is InChI=1S/C15H14FNO2/c1-10(17-13-5-3-4-12(16)9-13)8-14(18)15-7-6-11(2)19-15/h3-9,17H,1-2H3/b10-8+. The molecule has 19 heavy (non-hydrogen) atoms. The van der Waals surface area contributed by atoms with E-state index in [1.165, 1.54) is 18.2 Å². The molecular weight excluding hydrogens is 245 g/mol. The number of nitrogens with one attached hydrogen (secondary N) is 1. The molecule has 1 aromatic heterocycles. The molecule has 0 radical (unpaired) electrons. The van der Waals surface area contributed by atoms with Gasteiger partial charge in [0, 0.05) is 17.5 Å². The first-order valence-corrected chi connectivity index (χ1v) is 5.86. The number of ketones is 1. The van der Waals surface area contributed by atoms with E-state index in [1.54, 1.807) is 38.1 Å². The highest BCUT2D eigenvalue weighted by Crippen LogP contribution is 2.13. The fourth-order valence-electron chi connectivity index (χ4n) is 1.66. The van der Waals surface area contributed by atoms with Gasteiger partial charge in [0.1, 0.15) is 11.6 Å². The van der Waals surface area contributed by atoms with Gasteiger partial charge in [-0.2, -0.15) is 0 Å². The fourth-order valence-corrected chi connectivity index (χ4v) is 1.66. The Kier molecular flexibility index (Phi) is 3.80. The van der Waals surface area contributed by atoms with Crippen molar-refractivity contribution in [1.29, 1.82) is 0 Å². The second kappa shape index (κ2) is 5.52. The molecule has 0 saturated heterocycles. The zero-order chi connectivity index (χ0) is 13.8. The summed E-state index contributed by atoms with van der Waals surface area (Å²) in [5.41, 5.74) is 1.21. The van der Waals surface area contributed by atoms with Gasteiger partial charge in [0.25, 0.3) is 0 Å². The van der Waals surface area contributed by atoms with Crippen LogP contribution in [0.1, 0.15) is 23.2 Å². The van der Waals surface area contributed by atoms with Gasteiger partial charge in [-0.1, -0.05) is 6.07 Å². The van der Waals surface area contributed by atoms with Crippen LogP contribution < -0.4 is 5.32 Å². The van der Waals surface area contributed by atoms with Gasteiger partial charge in [-0.15, -0.1) is 0 Å². The molecule has 0 amide bonds. The number of hydrogen-bond acceptors (Lipinski definition) is 3. The van der Waals surface area contributed by atoms with E-state index < -0.39 is 0 Å². The number of halogens is 1. The molecular formula is C15H14FNO2. The van der Waals surface area contributed by atoms with E-state index in [9.17, 15) is 9.18 Å². The van der Waals surface area contributed by atoms with Crippen LogP contribution in [0.5, 0.6) is 0 Å². The lowest BCUT2D eigenvalue weighted by molar-refractivity contribution is 0.102. The van der Waals surface area contributed by atoms with E-state index in [2.05, 4.69) is 5.32 Å². The molecule has 0 aliphatic carbocycles. The van der Waals surface area contributed by atoms with Crippen LogP contribution in [0.3, 0.4) is 0 Å². The van der Waals surface area contributed by atoms with Crippen LogP contribution in [0.15, 0.2) is 52.6 Å². The van der Waals surface area contributed by atoms with Crippen molar-refractivity contribution in [2.45, 2.75) is 13.8 Å². The summed E-state index contributed by atoms with van der Waals surface area (Å²) in [4.78, 5) is 11.8. The van der Waals surface area contributed by atoms with Crippen LogP contribution in [-0.4, -0.2) is 5.78 Å². The lowest BCUT2D eigenvalue weighted by Gasteiger charge is -2.05. The molecule has 0 saturated carbocycles. The summed E-state index contributed by atoms with van der Waals surface area (Å²) in [7, 11) is 0. The molecule has 2 rings (SSSR count). The highest BCUT2D eigenvalue weighted by molar-refractivity contribution is 6.03. The molecule has 0 bridgehead atoms. The van der Waals surface area contributed by atoms with Crippen molar-refractivity contribution in [3.63, 3.8) is 0 Å². The van der Waals surface area contributed by atoms with E-state index in [1.807, 2.05) is 0 Å². The number of hydrogen-bond donors (Lipinski definition) is 1. The second-order valence-corrected chi connectivity index (χ2v) is 4.24. The summed E-state index contributed by atoms with van der Waals surface area (Å²) >= 11 is 0. The van der Waals surface area contributed by atoms with Crippen molar-refractivity contribution in [3.8, 4) is 0 Å². The topological polar surface area (TPSA) is 42.2 Å². The Morgan fingerprint density at radius 2 is 2.11 bits per heavy atom. The first-order valence-electron chi connectivity index (χ1n) is 5.86. The molecule has 0 aliphatic heterocycles. The predicted molar refractivity (Wildman–Crippen MR) is 71.6 cm³/mol. The Labute approximate surface area is 110 Å². The van der Waals surface area contributed by atoms with Crippen LogP contribution in [-0.2, 0) is 0 Å². The van der Waals surface area contributed by atoms with Gasteiger partial charge in [0.2, 0.25) is 5.78 Å². The van der Waals surface area contributed by atoms with Gasteiger partial charge >= 0.3 is 0 Å². The van der Waals surface area contributed by atoms with Gasteiger partial charge in [-0.05, 0) is 44.2 Å². The van der Waals surface area contributed by atoms with E-state index in [-0.39, 0.29) is 17.4 Å². The van der Waals surface area contributed by atoms with E-state index in [0.717, 1.165) is 0 Å². The van der Waals surface area contributed by atoms with Gasteiger partial charge in [0.15, 0.2) is 5.76 Å². The molecule has 0 unspecified atom stereocenters. The largest absolute Gasteiger partial charge is 0.458 e. The van der Waals surface area contributed by atoms with Gasteiger partial charge in [-0.25, -0.2) is 4.39 Å². The summed E-state index contributed by atoms with van der Waals surface area (Å²) in [5.74, 6) is 0.422. The van der Waals surface area contributed by atoms with E-state index in [0.29, 0.717) is 17.1 Å². The van der Waals surface area contributed by atoms with Crippen LogP contribution in [0.2, 0.25) is 0 Å². The molecule has 0 atom stereocenters. The third-order valence-electron chi connectivity index (χ3n) is 2.50. The van der Waals surface area contributed by atoms with Crippen LogP contribution in [0.4, 0.5) is 10.1 Å². The van der Waals surface area contributed by atoms with Crippen molar-refractivity contribution >= 4 is 11.5 Å². The molecule has 2 aromatic rings. The Balaban J connectivity index is 2.09. The SMILES string of the molecule is C/C(=C\C(=O)c1ccc(C)o1)Nc1cccc(F)c1. The van der Waals surface area contributed by atoms with Crippen LogP contribution >= 0.6 is 0 Å². The van der Waals surface area contributed by atoms with Crippen LogP contribution in [0.25, 0.3) is 0 Å². The van der Waals surface area contributed by atoms with Crippen LogP contribution in [0, 0.1) is 12.7 Å². The summed E-state index contributed by atoms with van der Waals surface area (Å²) in [6, 6.07) is 9.41. The molecule has 0 aliphatic rings. The average Bonchev–Trinajstić information content (AvgIpc) is 2.75. The maximum absolute atomic E-state index is 13.0. The summed E-state index contributed by atoms with van der Waals surface area (Å²) < 4.78 is 18.2. The maximum Gasteiger partial charge on any atom is 0.222 e. The molecule has 4 heteroatoms. The number of furan rings is 1. The fraction of sp³-hybridized carbons (Fsp3) is 0.133. The molecule has 98 valence electrons. The Hall–Kier alpha value is -2.36. The Bertz CT molecular complexity index is 629. The quantitative estimate of drug-likeness (QED) is 0.668. The first-order chi connectivity index (χ1) is 9.04. The molecule has 1 N–H and O–H groups in total. The smallest absolute Gasteiger partial charge is 0.222 e. The lowest BCUT2D eigenvalue weighted by atomic mass is 10.2. The summed E-state index contributed by atoms with van der Waals surface area (Å²) in [6.45, 7) is 3.51. The number of carbonyl (C=O) groups excluding carboxylic acids is 1. The van der Waals surface area contributed by atoms with E-state index >= 15 is 0 Å². The minimum atomic E-state index is -0.328. The molecule has 1 aromatic carbocycles. The number of benzene rings is 1. The highest BCUT2D eigenvalue weighted by atomic mass is 19.1. The Morgan fingerprint density at radius 1 is 1.32 bits per heavy atom. The monoisotopic (exact) mass is 259 g/mol. The third-order valence-corrected chi connectivity index (χ3v) is 2.50. The normalized spacial score (nSPS) is 11.4. The Morgan fingerprint density at radius 3 is 2.74 bits per heavy atom. The average molecular weight is 259 g/mol. The molecule has 0 spiro atoms. The zero-order valence-electron chi connectivity index (χ0n) is 10.7. The number of aryl methyl sites for hydroxylation is 1. The molecule has 0 fully saturated rings. The molecule has 1 heterocycles. The van der Waals surface area contributed by atoms with Crippen molar-refractivity contribution in [3.05, 3.63) is 65.5 Å². The predicted octanol–water partition coefficient (Wildman–Crippen LogP) is 3.93. The second-order valence-electron chi connectivity index (χ2n) is 4.24. The first kappa shape index (κ1) is 13.1. The van der Waals surface area contributed by atoms with Gasteiger partial charge < -0.3 is 9.73 Å². The third kappa shape index (κ3) is 3.55. The van der Waals surface area contributed by atoms with Crippen molar-refractivity contribution < 1.29 is 13.6 Å². The minimum absolute atomic E-state index is 0.227. The number of allylic oxidation sites excluding steroid dienone is 2. The maximum atomic E-state index is 13.0. The minimum Gasteiger partial charge on any atom is -0.458 e. The van der Waals surface area contributed by atoms with Gasteiger partial charge in [0.05, 0.1) is 0 Å². The summed E-state index contributed by atoms with van der Waals surface area (Å²) in [5, 5.41) is 2.95. The number of rotatable bonds is 4. The lowest BCUT2D eigenvalue weighted by Crippen LogP contribution is -2.00. The van der Waals surface area contributed by atoms with E-state index in [4.69, 9.17) is 4.42 Å². The number of carbonyl (C=O) groups is 1. The van der Waals surface area contributed by atoms with Crippen molar-refractivity contribution in [1.82, 2.24) is 0 Å². The van der Waals surface area contributed by atoms with Gasteiger partial charge in [-0.3, -0.25) is 4.79 Å². The number of anilines is 1. The molecule has 3 nitrogen and oxygen atoms in total. The highest BCUT2D eigenvalue weighted by Gasteiger charge is 2.07.